The molecule has 1 amide bonds. The molecule has 4 rings (SSSR count). The highest BCUT2D eigenvalue weighted by Crippen LogP contribution is 2.21. The van der Waals surface area contributed by atoms with Crippen LogP contribution >= 0.6 is 11.6 Å². The Morgan fingerprint density at radius 1 is 1.11 bits per heavy atom. The van der Waals surface area contributed by atoms with Crippen LogP contribution in [0, 0.1) is 0 Å². The van der Waals surface area contributed by atoms with Crippen LogP contribution in [0.25, 0.3) is 16.9 Å². The second kappa shape index (κ2) is 7.43. The second-order valence-electron chi connectivity index (χ2n) is 5.73. The van der Waals surface area contributed by atoms with E-state index < -0.39 is 0 Å². The summed E-state index contributed by atoms with van der Waals surface area (Å²) in [5, 5.41) is 15.6. The lowest BCUT2D eigenvalue weighted by atomic mass is 10.1. The molecule has 1 N–H and O–H groups in total. The van der Waals surface area contributed by atoms with Crippen molar-refractivity contribution >= 4 is 28.8 Å². The highest BCUT2D eigenvalue weighted by Gasteiger charge is 2.07. The largest absolute Gasteiger partial charge is 0.484 e. The topological polar surface area (TPSA) is 81.4 Å². The minimum absolute atomic E-state index is 0.116. The summed E-state index contributed by atoms with van der Waals surface area (Å²) >= 11 is 5.90. The SMILES string of the molecule is O=C(COc1cccc(Cl)c1)Nc1cccc(-c2ccc3nncn3n2)c1. The molecule has 0 fully saturated rings. The number of aromatic nitrogens is 4. The van der Waals surface area contributed by atoms with Gasteiger partial charge in [0.25, 0.3) is 5.91 Å². The zero-order valence-corrected chi connectivity index (χ0v) is 14.8. The third kappa shape index (κ3) is 4.04. The number of carbonyl (C=O) groups excluding carboxylic acids is 1. The van der Waals surface area contributed by atoms with Crippen LogP contribution in [0.2, 0.25) is 5.02 Å². The Hall–Kier alpha value is -3.45. The maximum atomic E-state index is 12.2. The molecule has 0 aliphatic heterocycles. The van der Waals surface area contributed by atoms with Crippen molar-refractivity contribution in [2.75, 3.05) is 11.9 Å². The van der Waals surface area contributed by atoms with Gasteiger partial charge in [0.05, 0.1) is 5.69 Å². The van der Waals surface area contributed by atoms with Gasteiger partial charge in [-0.15, -0.1) is 10.2 Å². The summed E-state index contributed by atoms with van der Waals surface area (Å²) in [6, 6.07) is 18.0. The average molecular weight is 380 g/mol. The molecule has 27 heavy (non-hydrogen) atoms. The fourth-order valence-electron chi connectivity index (χ4n) is 2.54. The van der Waals surface area contributed by atoms with Gasteiger partial charge < -0.3 is 10.1 Å². The van der Waals surface area contributed by atoms with Gasteiger partial charge in [-0.1, -0.05) is 29.8 Å². The van der Waals surface area contributed by atoms with E-state index in [-0.39, 0.29) is 12.5 Å². The molecule has 2 heterocycles. The maximum Gasteiger partial charge on any atom is 0.262 e. The number of hydrogen-bond donors (Lipinski definition) is 1. The summed E-state index contributed by atoms with van der Waals surface area (Å²) < 4.78 is 7.05. The van der Waals surface area contributed by atoms with Crippen molar-refractivity contribution in [1.82, 2.24) is 19.8 Å². The number of ether oxygens (including phenoxy) is 1. The van der Waals surface area contributed by atoms with Gasteiger partial charge in [0.1, 0.15) is 12.1 Å². The number of fused-ring (bicyclic) bond motifs is 1. The Morgan fingerprint density at radius 3 is 2.89 bits per heavy atom. The second-order valence-corrected chi connectivity index (χ2v) is 6.16. The Labute approximate surface area is 159 Å². The molecule has 8 heteroatoms. The molecule has 0 saturated carbocycles. The van der Waals surface area contributed by atoms with E-state index in [4.69, 9.17) is 16.3 Å². The fourth-order valence-corrected chi connectivity index (χ4v) is 2.72. The molecular formula is C19H14ClN5O2. The molecule has 0 atom stereocenters. The zero-order chi connectivity index (χ0) is 18.6. The number of nitrogens with one attached hydrogen (secondary N) is 1. The number of anilines is 1. The summed E-state index contributed by atoms with van der Waals surface area (Å²) in [6.45, 7) is -0.116. The highest BCUT2D eigenvalue weighted by molar-refractivity contribution is 6.30. The third-order valence-corrected chi connectivity index (χ3v) is 4.00. The van der Waals surface area contributed by atoms with E-state index >= 15 is 0 Å². The minimum Gasteiger partial charge on any atom is -0.484 e. The first-order valence-electron chi connectivity index (χ1n) is 8.13. The van der Waals surface area contributed by atoms with Crippen molar-refractivity contribution in [3.63, 3.8) is 0 Å². The van der Waals surface area contributed by atoms with Crippen molar-refractivity contribution in [2.45, 2.75) is 0 Å². The van der Waals surface area contributed by atoms with Gasteiger partial charge in [-0.2, -0.15) is 9.61 Å². The molecule has 0 radical (unpaired) electrons. The number of halogens is 1. The van der Waals surface area contributed by atoms with E-state index in [2.05, 4.69) is 20.6 Å². The molecule has 0 spiro atoms. The zero-order valence-electron chi connectivity index (χ0n) is 14.0. The van der Waals surface area contributed by atoms with Gasteiger partial charge in [0, 0.05) is 16.3 Å². The summed E-state index contributed by atoms with van der Waals surface area (Å²) in [4.78, 5) is 12.2. The summed E-state index contributed by atoms with van der Waals surface area (Å²) in [6.07, 6.45) is 1.54. The molecule has 134 valence electrons. The van der Waals surface area contributed by atoms with Crippen LogP contribution in [-0.4, -0.2) is 32.3 Å². The molecule has 4 aromatic rings. The normalized spacial score (nSPS) is 10.7. The predicted molar refractivity (Wildman–Crippen MR) is 102 cm³/mol. The van der Waals surface area contributed by atoms with E-state index in [1.54, 1.807) is 34.8 Å². The minimum atomic E-state index is -0.269. The van der Waals surface area contributed by atoms with E-state index in [1.807, 2.05) is 30.3 Å². The Bertz CT molecular complexity index is 1110. The number of carbonyl (C=O) groups is 1. The van der Waals surface area contributed by atoms with Crippen LogP contribution in [0.5, 0.6) is 5.75 Å². The lowest BCUT2D eigenvalue weighted by Crippen LogP contribution is -2.20. The first kappa shape index (κ1) is 17.0. The van der Waals surface area contributed by atoms with Crippen molar-refractivity contribution < 1.29 is 9.53 Å². The summed E-state index contributed by atoms with van der Waals surface area (Å²) in [5.41, 5.74) is 2.92. The Morgan fingerprint density at radius 2 is 2.00 bits per heavy atom. The average Bonchev–Trinajstić information content (AvgIpc) is 3.14. The molecule has 0 aliphatic carbocycles. The van der Waals surface area contributed by atoms with Crippen LogP contribution in [0.1, 0.15) is 0 Å². The van der Waals surface area contributed by atoms with Crippen LogP contribution < -0.4 is 10.1 Å². The molecule has 0 aliphatic rings. The van der Waals surface area contributed by atoms with Crippen molar-refractivity contribution in [2.24, 2.45) is 0 Å². The molecule has 2 aromatic heterocycles. The molecule has 7 nitrogen and oxygen atoms in total. The molecule has 0 saturated heterocycles. The summed E-state index contributed by atoms with van der Waals surface area (Å²) in [5.74, 6) is 0.271. The van der Waals surface area contributed by atoms with E-state index in [0.29, 0.717) is 22.1 Å². The van der Waals surface area contributed by atoms with E-state index in [9.17, 15) is 4.79 Å². The van der Waals surface area contributed by atoms with Gasteiger partial charge in [-0.3, -0.25) is 4.79 Å². The van der Waals surface area contributed by atoms with E-state index in [0.717, 1.165) is 11.3 Å². The van der Waals surface area contributed by atoms with Gasteiger partial charge in [-0.25, -0.2) is 0 Å². The van der Waals surface area contributed by atoms with Gasteiger partial charge in [-0.05, 0) is 42.5 Å². The maximum absolute atomic E-state index is 12.2. The molecule has 0 bridgehead atoms. The number of nitrogens with zero attached hydrogens (tertiary/aromatic N) is 4. The first-order chi connectivity index (χ1) is 13.2. The molecule has 2 aromatic carbocycles. The first-order valence-corrected chi connectivity index (χ1v) is 8.51. The summed E-state index contributed by atoms with van der Waals surface area (Å²) in [7, 11) is 0. The van der Waals surface area contributed by atoms with Gasteiger partial charge >= 0.3 is 0 Å². The smallest absolute Gasteiger partial charge is 0.262 e. The lowest BCUT2D eigenvalue weighted by molar-refractivity contribution is -0.118. The van der Waals surface area contributed by atoms with Crippen molar-refractivity contribution in [3.05, 3.63) is 72.0 Å². The number of hydrogen-bond acceptors (Lipinski definition) is 5. The van der Waals surface area contributed by atoms with E-state index in [1.165, 1.54) is 6.33 Å². The standard InChI is InChI=1S/C19H14ClN5O2/c20-14-4-2-6-16(10-14)27-11-19(26)22-15-5-1-3-13(9-15)17-7-8-18-23-21-12-25(18)24-17/h1-10,12H,11H2,(H,22,26). The number of amides is 1. The number of benzene rings is 2. The Kier molecular flexibility index (Phi) is 4.67. The third-order valence-electron chi connectivity index (χ3n) is 3.77. The monoisotopic (exact) mass is 379 g/mol. The van der Waals surface area contributed by atoms with Crippen LogP contribution in [0.15, 0.2) is 67.0 Å². The van der Waals surface area contributed by atoms with Crippen LogP contribution in [-0.2, 0) is 4.79 Å². The molecule has 0 unspecified atom stereocenters. The van der Waals surface area contributed by atoms with Gasteiger partial charge in [0.15, 0.2) is 12.3 Å². The highest BCUT2D eigenvalue weighted by atomic mass is 35.5. The van der Waals surface area contributed by atoms with Crippen LogP contribution in [0.4, 0.5) is 5.69 Å². The number of rotatable bonds is 5. The van der Waals surface area contributed by atoms with Crippen molar-refractivity contribution in [1.29, 1.82) is 0 Å². The Balaban J connectivity index is 1.44. The van der Waals surface area contributed by atoms with Crippen molar-refractivity contribution in [3.8, 4) is 17.0 Å². The molecular weight excluding hydrogens is 366 g/mol. The predicted octanol–water partition coefficient (Wildman–Crippen LogP) is 3.46. The van der Waals surface area contributed by atoms with Gasteiger partial charge in [0.2, 0.25) is 0 Å². The lowest BCUT2D eigenvalue weighted by Gasteiger charge is -2.09. The quantitative estimate of drug-likeness (QED) is 0.574. The fraction of sp³-hybridized carbons (Fsp3) is 0.0526. The van der Waals surface area contributed by atoms with Crippen LogP contribution in [0.3, 0.4) is 0 Å².